The first kappa shape index (κ1) is 13.5. The molecule has 0 radical (unpaired) electrons. The predicted molar refractivity (Wildman–Crippen MR) is 91.6 cm³/mol. The second-order valence-electron chi connectivity index (χ2n) is 5.31. The minimum absolute atomic E-state index is 0.589. The molecule has 0 saturated heterocycles. The average molecular weight is 301 g/mol. The molecule has 23 heavy (non-hydrogen) atoms. The van der Waals surface area contributed by atoms with Crippen LogP contribution in [0.1, 0.15) is 11.6 Å². The zero-order valence-electron chi connectivity index (χ0n) is 12.7. The smallest absolute Gasteiger partial charge is 0.220 e. The van der Waals surface area contributed by atoms with Crippen LogP contribution in [0.15, 0.2) is 65.2 Å². The largest absolute Gasteiger partial charge is 0.437 e. The van der Waals surface area contributed by atoms with E-state index in [4.69, 9.17) is 4.42 Å². The van der Waals surface area contributed by atoms with Crippen molar-refractivity contribution in [2.45, 2.75) is 0 Å². The zero-order chi connectivity index (χ0) is 15.6. The van der Waals surface area contributed by atoms with Crippen LogP contribution >= 0.6 is 0 Å². The minimum atomic E-state index is 0.589. The fourth-order valence-electron chi connectivity index (χ4n) is 2.53. The SMILES string of the molecule is Cn1nccc1/C=C/c1nc2cc(-c3ccccc3)ccc2o1. The Morgan fingerprint density at radius 1 is 0.957 bits per heavy atom. The molecule has 0 aliphatic heterocycles. The van der Waals surface area contributed by atoms with Gasteiger partial charge in [-0.2, -0.15) is 5.10 Å². The summed E-state index contributed by atoms with van der Waals surface area (Å²) in [7, 11) is 1.90. The number of aryl methyl sites for hydroxylation is 1. The number of nitrogens with zero attached hydrogens (tertiary/aromatic N) is 3. The normalized spacial score (nSPS) is 11.5. The maximum Gasteiger partial charge on any atom is 0.220 e. The van der Waals surface area contributed by atoms with E-state index in [2.05, 4.69) is 34.3 Å². The Labute approximate surface area is 133 Å². The lowest BCUT2D eigenvalue weighted by atomic mass is 10.1. The highest BCUT2D eigenvalue weighted by Gasteiger charge is 2.05. The maximum atomic E-state index is 5.77. The topological polar surface area (TPSA) is 43.9 Å². The summed E-state index contributed by atoms with van der Waals surface area (Å²) in [5.41, 5.74) is 4.94. The van der Waals surface area contributed by atoms with Gasteiger partial charge in [-0.3, -0.25) is 4.68 Å². The van der Waals surface area contributed by atoms with Crippen LogP contribution < -0.4 is 0 Å². The molecule has 0 bridgehead atoms. The summed E-state index contributed by atoms with van der Waals surface area (Å²) in [5.74, 6) is 0.589. The van der Waals surface area contributed by atoms with E-state index < -0.39 is 0 Å². The first-order valence-electron chi connectivity index (χ1n) is 7.42. The third kappa shape index (κ3) is 2.66. The van der Waals surface area contributed by atoms with E-state index >= 15 is 0 Å². The van der Waals surface area contributed by atoms with Gasteiger partial charge >= 0.3 is 0 Å². The van der Waals surface area contributed by atoms with Gasteiger partial charge in [0.1, 0.15) is 5.52 Å². The van der Waals surface area contributed by atoms with Crippen LogP contribution in [0.3, 0.4) is 0 Å². The highest BCUT2D eigenvalue weighted by atomic mass is 16.3. The van der Waals surface area contributed by atoms with Gasteiger partial charge in [-0.15, -0.1) is 0 Å². The van der Waals surface area contributed by atoms with Crippen LogP contribution in [-0.4, -0.2) is 14.8 Å². The summed E-state index contributed by atoms with van der Waals surface area (Å²) in [6.07, 6.45) is 5.56. The molecule has 4 nitrogen and oxygen atoms in total. The Hall–Kier alpha value is -3.14. The van der Waals surface area contributed by atoms with Gasteiger partial charge in [-0.05, 0) is 35.4 Å². The van der Waals surface area contributed by atoms with Crippen molar-refractivity contribution in [3.05, 3.63) is 72.4 Å². The number of benzene rings is 2. The molecule has 4 rings (SSSR count). The maximum absolute atomic E-state index is 5.77. The second-order valence-corrected chi connectivity index (χ2v) is 5.31. The van der Waals surface area contributed by atoms with Gasteiger partial charge in [0.15, 0.2) is 5.58 Å². The molecule has 4 aromatic rings. The number of aromatic nitrogens is 3. The van der Waals surface area contributed by atoms with Gasteiger partial charge in [0.25, 0.3) is 0 Å². The summed E-state index contributed by atoms with van der Waals surface area (Å²) >= 11 is 0. The first-order valence-corrected chi connectivity index (χ1v) is 7.42. The van der Waals surface area contributed by atoms with Crippen molar-refractivity contribution in [2.75, 3.05) is 0 Å². The average Bonchev–Trinajstić information content (AvgIpc) is 3.18. The highest BCUT2D eigenvalue weighted by Crippen LogP contribution is 2.25. The zero-order valence-corrected chi connectivity index (χ0v) is 12.7. The number of hydrogen-bond donors (Lipinski definition) is 0. The molecule has 112 valence electrons. The quantitative estimate of drug-likeness (QED) is 0.563. The predicted octanol–water partition coefficient (Wildman–Crippen LogP) is 4.40. The fraction of sp³-hybridized carbons (Fsp3) is 0.0526. The summed E-state index contributed by atoms with van der Waals surface area (Å²) in [6, 6.07) is 18.3. The Balaban J connectivity index is 1.68. The van der Waals surface area contributed by atoms with Gasteiger partial charge in [0.05, 0.1) is 5.69 Å². The van der Waals surface area contributed by atoms with E-state index in [1.807, 2.05) is 49.5 Å². The van der Waals surface area contributed by atoms with Crippen LogP contribution in [0.2, 0.25) is 0 Å². The van der Waals surface area contributed by atoms with Gasteiger partial charge in [0, 0.05) is 19.3 Å². The Morgan fingerprint density at radius 3 is 2.61 bits per heavy atom. The summed E-state index contributed by atoms with van der Waals surface area (Å²) < 4.78 is 7.57. The van der Waals surface area contributed by atoms with Crippen LogP contribution in [0.25, 0.3) is 34.4 Å². The molecule has 0 aliphatic rings. The molecule has 0 spiro atoms. The van der Waals surface area contributed by atoms with Crippen molar-refractivity contribution in [3.8, 4) is 11.1 Å². The van der Waals surface area contributed by atoms with Gasteiger partial charge in [-0.1, -0.05) is 36.4 Å². The van der Waals surface area contributed by atoms with E-state index in [0.29, 0.717) is 5.89 Å². The van der Waals surface area contributed by atoms with Gasteiger partial charge < -0.3 is 4.42 Å². The van der Waals surface area contributed by atoms with E-state index in [-0.39, 0.29) is 0 Å². The third-order valence-corrected chi connectivity index (χ3v) is 3.77. The van der Waals surface area contributed by atoms with Crippen LogP contribution in [0, 0.1) is 0 Å². The van der Waals surface area contributed by atoms with Crippen molar-refractivity contribution >= 4 is 23.3 Å². The molecular weight excluding hydrogens is 286 g/mol. The molecule has 4 heteroatoms. The molecular formula is C19H15N3O. The lowest BCUT2D eigenvalue weighted by molar-refractivity contribution is 0.589. The van der Waals surface area contributed by atoms with E-state index in [9.17, 15) is 0 Å². The monoisotopic (exact) mass is 301 g/mol. The van der Waals surface area contributed by atoms with E-state index in [0.717, 1.165) is 22.4 Å². The number of hydrogen-bond acceptors (Lipinski definition) is 3. The second kappa shape index (κ2) is 5.57. The summed E-state index contributed by atoms with van der Waals surface area (Å²) in [4.78, 5) is 4.54. The van der Waals surface area contributed by atoms with Crippen molar-refractivity contribution < 1.29 is 4.42 Å². The Kier molecular flexibility index (Phi) is 3.27. The number of rotatable bonds is 3. The summed E-state index contributed by atoms with van der Waals surface area (Å²) in [5, 5.41) is 4.13. The molecule has 0 amide bonds. The summed E-state index contributed by atoms with van der Waals surface area (Å²) in [6.45, 7) is 0. The van der Waals surface area contributed by atoms with Gasteiger partial charge in [-0.25, -0.2) is 4.98 Å². The molecule has 0 aliphatic carbocycles. The van der Waals surface area contributed by atoms with Crippen molar-refractivity contribution in [2.24, 2.45) is 7.05 Å². The van der Waals surface area contributed by atoms with Crippen LogP contribution in [0.4, 0.5) is 0 Å². The number of fused-ring (bicyclic) bond motifs is 1. The lowest BCUT2D eigenvalue weighted by Gasteiger charge is -1.99. The molecule has 0 N–H and O–H groups in total. The Morgan fingerprint density at radius 2 is 1.83 bits per heavy atom. The van der Waals surface area contributed by atoms with Crippen LogP contribution in [-0.2, 0) is 7.05 Å². The van der Waals surface area contributed by atoms with Crippen molar-refractivity contribution in [1.82, 2.24) is 14.8 Å². The number of oxazole rings is 1. The fourth-order valence-corrected chi connectivity index (χ4v) is 2.53. The standard InChI is InChI=1S/C19H15N3O/c1-22-16(11-12-20-22)8-10-19-21-17-13-15(7-9-18(17)23-19)14-5-3-2-4-6-14/h2-13H,1H3/b10-8+. The molecule has 0 saturated carbocycles. The molecule has 2 aromatic carbocycles. The van der Waals surface area contributed by atoms with Gasteiger partial charge in [0.2, 0.25) is 5.89 Å². The van der Waals surface area contributed by atoms with E-state index in [1.165, 1.54) is 5.56 Å². The molecule has 0 unspecified atom stereocenters. The molecule has 0 atom stereocenters. The lowest BCUT2D eigenvalue weighted by Crippen LogP contribution is -1.91. The van der Waals surface area contributed by atoms with Crippen LogP contribution in [0.5, 0.6) is 0 Å². The minimum Gasteiger partial charge on any atom is -0.437 e. The van der Waals surface area contributed by atoms with Crippen molar-refractivity contribution in [1.29, 1.82) is 0 Å². The molecule has 2 aromatic heterocycles. The molecule has 0 fully saturated rings. The highest BCUT2D eigenvalue weighted by molar-refractivity contribution is 5.81. The third-order valence-electron chi connectivity index (χ3n) is 3.77. The first-order chi connectivity index (χ1) is 11.3. The molecule has 2 heterocycles. The van der Waals surface area contributed by atoms with E-state index in [1.54, 1.807) is 10.9 Å². The van der Waals surface area contributed by atoms with Crippen molar-refractivity contribution in [3.63, 3.8) is 0 Å². The Bertz CT molecular complexity index is 980.